The number of rotatable bonds is 4. The first-order valence-electron chi connectivity index (χ1n) is 8.37. The summed E-state index contributed by atoms with van der Waals surface area (Å²) < 4.78 is 0. The van der Waals surface area contributed by atoms with Gasteiger partial charge >= 0.3 is 0 Å². The number of carbonyl (C=O) groups is 1. The molecule has 4 N–H and O–H groups in total. The van der Waals surface area contributed by atoms with Crippen LogP contribution < -0.4 is 16.4 Å². The Balaban J connectivity index is 1.79. The first kappa shape index (κ1) is 16.0. The van der Waals surface area contributed by atoms with Crippen molar-refractivity contribution in [3.63, 3.8) is 0 Å². The SMILES string of the molecule is CC1(C(=O)NC(CN)c2ccc3ccccc3c2)CCCCN1. The third-order valence-electron chi connectivity index (χ3n) is 4.84. The topological polar surface area (TPSA) is 67.2 Å². The number of amides is 1. The number of nitrogens with one attached hydrogen (secondary N) is 2. The van der Waals surface area contributed by atoms with E-state index in [1.807, 2.05) is 19.1 Å². The number of nitrogens with two attached hydrogens (primary N) is 1. The minimum absolute atomic E-state index is 0.0424. The highest BCUT2D eigenvalue weighted by molar-refractivity contribution is 5.87. The van der Waals surface area contributed by atoms with Crippen LogP contribution in [0.4, 0.5) is 0 Å². The van der Waals surface area contributed by atoms with Gasteiger partial charge in [-0.15, -0.1) is 0 Å². The molecule has 1 aliphatic heterocycles. The van der Waals surface area contributed by atoms with E-state index in [2.05, 4.69) is 41.0 Å². The zero-order valence-corrected chi connectivity index (χ0v) is 13.6. The van der Waals surface area contributed by atoms with Gasteiger partial charge < -0.3 is 16.4 Å². The number of fused-ring (bicyclic) bond motifs is 1. The lowest BCUT2D eigenvalue weighted by Gasteiger charge is -2.35. The molecule has 1 amide bonds. The van der Waals surface area contributed by atoms with E-state index in [0.717, 1.165) is 31.4 Å². The van der Waals surface area contributed by atoms with Crippen LogP contribution in [-0.2, 0) is 4.79 Å². The highest BCUT2D eigenvalue weighted by Crippen LogP contribution is 2.23. The third-order valence-corrected chi connectivity index (χ3v) is 4.84. The maximum atomic E-state index is 12.7. The average molecular weight is 311 g/mol. The van der Waals surface area contributed by atoms with Crippen LogP contribution in [0.25, 0.3) is 10.8 Å². The highest BCUT2D eigenvalue weighted by Gasteiger charge is 2.35. The molecular weight excluding hydrogens is 286 g/mol. The van der Waals surface area contributed by atoms with Gasteiger partial charge in [-0.05, 0) is 55.1 Å². The molecule has 4 heteroatoms. The lowest BCUT2D eigenvalue weighted by atomic mass is 9.89. The van der Waals surface area contributed by atoms with Gasteiger partial charge in [0.05, 0.1) is 11.6 Å². The predicted octanol–water partition coefficient (Wildman–Crippen LogP) is 2.49. The van der Waals surface area contributed by atoms with E-state index in [9.17, 15) is 4.79 Å². The molecule has 2 atom stereocenters. The number of carbonyl (C=O) groups excluding carboxylic acids is 1. The van der Waals surface area contributed by atoms with Gasteiger partial charge in [0.15, 0.2) is 0 Å². The second-order valence-electron chi connectivity index (χ2n) is 6.58. The number of hydrogen-bond acceptors (Lipinski definition) is 3. The fourth-order valence-corrected chi connectivity index (χ4v) is 3.27. The Labute approximate surface area is 137 Å². The number of hydrogen-bond donors (Lipinski definition) is 3. The Morgan fingerprint density at radius 1 is 1.26 bits per heavy atom. The second kappa shape index (κ2) is 6.69. The number of piperidine rings is 1. The molecule has 4 nitrogen and oxygen atoms in total. The van der Waals surface area contributed by atoms with Crippen molar-refractivity contribution in [1.29, 1.82) is 0 Å². The van der Waals surface area contributed by atoms with Crippen LogP contribution in [0.5, 0.6) is 0 Å². The molecule has 0 bridgehead atoms. The summed E-state index contributed by atoms with van der Waals surface area (Å²) in [7, 11) is 0. The van der Waals surface area contributed by atoms with Crippen molar-refractivity contribution in [2.75, 3.05) is 13.1 Å². The normalized spacial score (nSPS) is 22.7. The van der Waals surface area contributed by atoms with E-state index >= 15 is 0 Å². The smallest absolute Gasteiger partial charge is 0.240 e. The molecule has 0 spiro atoms. The second-order valence-corrected chi connectivity index (χ2v) is 6.58. The molecule has 2 aromatic rings. The van der Waals surface area contributed by atoms with Crippen molar-refractivity contribution in [1.82, 2.24) is 10.6 Å². The van der Waals surface area contributed by atoms with Crippen LogP contribution >= 0.6 is 0 Å². The number of benzene rings is 2. The lowest BCUT2D eigenvalue weighted by Crippen LogP contribution is -2.57. The first-order chi connectivity index (χ1) is 11.1. The van der Waals surface area contributed by atoms with E-state index in [1.165, 1.54) is 10.8 Å². The summed E-state index contributed by atoms with van der Waals surface area (Å²) in [6.07, 6.45) is 3.09. The fourth-order valence-electron chi connectivity index (χ4n) is 3.27. The van der Waals surface area contributed by atoms with Crippen LogP contribution in [0.3, 0.4) is 0 Å². The van der Waals surface area contributed by atoms with Crippen molar-refractivity contribution in [3.8, 4) is 0 Å². The monoisotopic (exact) mass is 311 g/mol. The molecule has 2 aromatic carbocycles. The molecule has 0 saturated carbocycles. The molecule has 0 radical (unpaired) electrons. The molecule has 1 aliphatic rings. The average Bonchev–Trinajstić information content (AvgIpc) is 2.59. The van der Waals surface area contributed by atoms with Crippen LogP contribution in [0, 0.1) is 0 Å². The molecule has 0 aliphatic carbocycles. The molecule has 122 valence electrons. The highest BCUT2D eigenvalue weighted by atomic mass is 16.2. The van der Waals surface area contributed by atoms with E-state index in [4.69, 9.17) is 5.73 Å². The largest absolute Gasteiger partial charge is 0.346 e. The maximum absolute atomic E-state index is 12.7. The van der Waals surface area contributed by atoms with Crippen LogP contribution in [0.1, 0.15) is 37.8 Å². The summed E-state index contributed by atoms with van der Waals surface area (Å²) in [5.74, 6) is 0.0424. The Hall–Kier alpha value is -1.91. The van der Waals surface area contributed by atoms with Gasteiger partial charge in [0.1, 0.15) is 0 Å². The van der Waals surface area contributed by atoms with Crippen molar-refractivity contribution in [2.24, 2.45) is 5.73 Å². The zero-order valence-electron chi connectivity index (χ0n) is 13.6. The quantitative estimate of drug-likeness (QED) is 0.812. The van der Waals surface area contributed by atoms with Gasteiger partial charge in [-0.2, -0.15) is 0 Å². The maximum Gasteiger partial charge on any atom is 0.240 e. The summed E-state index contributed by atoms with van der Waals surface area (Å²) in [5, 5.41) is 8.84. The van der Waals surface area contributed by atoms with E-state index in [-0.39, 0.29) is 11.9 Å². The van der Waals surface area contributed by atoms with Crippen LogP contribution in [0.2, 0.25) is 0 Å². The van der Waals surface area contributed by atoms with E-state index in [1.54, 1.807) is 0 Å². The Morgan fingerprint density at radius 2 is 2.04 bits per heavy atom. The van der Waals surface area contributed by atoms with Gasteiger partial charge in [0.25, 0.3) is 0 Å². The molecule has 1 saturated heterocycles. The van der Waals surface area contributed by atoms with Crippen LogP contribution in [0.15, 0.2) is 42.5 Å². The third kappa shape index (κ3) is 3.38. The molecule has 2 unspecified atom stereocenters. The van der Waals surface area contributed by atoms with E-state index < -0.39 is 5.54 Å². The lowest BCUT2D eigenvalue weighted by molar-refractivity contribution is -0.128. The summed E-state index contributed by atoms with van der Waals surface area (Å²) in [6, 6.07) is 14.3. The van der Waals surface area contributed by atoms with Gasteiger partial charge in [0, 0.05) is 6.54 Å². The van der Waals surface area contributed by atoms with Crippen molar-refractivity contribution < 1.29 is 4.79 Å². The Morgan fingerprint density at radius 3 is 2.74 bits per heavy atom. The van der Waals surface area contributed by atoms with Gasteiger partial charge in [-0.25, -0.2) is 0 Å². The molecule has 1 fully saturated rings. The standard InChI is InChI=1S/C19H25N3O/c1-19(10-4-5-11-21-19)18(23)22-17(13-20)16-9-8-14-6-2-3-7-15(14)12-16/h2-3,6-9,12,17,21H,4-5,10-11,13,20H2,1H3,(H,22,23). The Kier molecular flexibility index (Phi) is 4.64. The van der Waals surface area contributed by atoms with E-state index in [0.29, 0.717) is 6.54 Å². The predicted molar refractivity (Wildman–Crippen MR) is 94.1 cm³/mol. The first-order valence-corrected chi connectivity index (χ1v) is 8.37. The fraction of sp³-hybridized carbons (Fsp3) is 0.421. The molecule has 0 aromatic heterocycles. The molecular formula is C19H25N3O. The zero-order chi connectivity index (χ0) is 16.3. The molecule has 3 rings (SSSR count). The Bertz CT molecular complexity index is 692. The van der Waals surface area contributed by atoms with Crippen molar-refractivity contribution >= 4 is 16.7 Å². The summed E-state index contributed by atoms with van der Waals surface area (Å²) in [4.78, 5) is 12.7. The van der Waals surface area contributed by atoms with Crippen molar-refractivity contribution in [3.05, 3.63) is 48.0 Å². The van der Waals surface area contributed by atoms with Gasteiger partial charge in [0.2, 0.25) is 5.91 Å². The van der Waals surface area contributed by atoms with Gasteiger partial charge in [-0.1, -0.05) is 36.4 Å². The minimum atomic E-state index is -0.484. The molecule has 1 heterocycles. The van der Waals surface area contributed by atoms with Gasteiger partial charge in [-0.3, -0.25) is 4.79 Å². The summed E-state index contributed by atoms with van der Waals surface area (Å²) >= 11 is 0. The van der Waals surface area contributed by atoms with Crippen LogP contribution in [-0.4, -0.2) is 24.5 Å². The minimum Gasteiger partial charge on any atom is -0.346 e. The summed E-state index contributed by atoms with van der Waals surface area (Å²) in [6.45, 7) is 3.27. The molecule has 23 heavy (non-hydrogen) atoms. The summed E-state index contributed by atoms with van der Waals surface area (Å²) in [5.41, 5.74) is 6.51. The van der Waals surface area contributed by atoms with Crippen molar-refractivity contribution in [2.45, 2.75) is 37.8 Å².